The largest absolute Gasteiger partial charge is 0.370 e. The molecule has 0 bridgehead atoms. The number of hydrogen-bond acceptors (Lipinski definition) is 4. The van der Waals surface area contributed by atoms with E-state index in [0.717, 1.165) is 6.42 Å². The Labute approximate surface area is 118 Å². The summed E-state index contributed by atoms with van der Waals surface area (Å²) in [6.07, 6.45) is 1.63. The van der Waals surface area contributed by atoms with Gasteiger partial charge in [-0.2, -0.15) is 4.98 Å². The molecule has 0 spiro atoms. The van der Waals surface area contributed by atoms with Crippen LogP contribution in [-0.2, 0) is 6.42 Å². The minimum absolute atomic E-state index is 0. The number of guanidine groups is 1. The fraction of sp³-hybridized carbons (Fsp3) is 0.700. The Hall–Kier alpha value is -0.860. The Morgan fingerprint density at radius 3 is 2.82 bits per heavy atom. The first-order valence-electron chi connectivity index (χ1n) is 5.47. The molecule has 0 aromatic carbocycles. The van der Waals surface area contributed by atoms with E-state index in [1.54, 1.807) is 6.92 Å². The van der Waals surface area contributed by atoms with Crippen molar-refractivity contribution >= 4 is 29.9 Å². The van der Waals surface area contributed by atoms with Gasteiger partial charge in [-0.3, -0.25) is 4.99 Å². The van der Waals surface area contributed by atoms with Gasteiger partial charge in [0.05, 0.1) is 6.54 Å². The maximum Gasteiger partial charge on any atom is 0.228 e. The van der Waals surface area contributed by atoms with Crippen molar-refractivity contribution in [1.29, 1.82) is 0 Å². The third-order valence-corrected chi connectivity index (χ3v) is 2.18. The molecule has 6 nitrogen and oxygen atoms in total. The molecule has 1 rings (SSSR count). The Morgan fingerprint density at radius 1 is 1.59 bits per heavy atom. The molecule has 7 heteroatoms. The van der Waals surface area contributed by atoms with Gasteiger partial charge in [-0.1, -0.05) is 12.1 Å². The van der Waals surface area contributed by atoms with Crippen LogP contribution in [0.3, 0.4) is 0 Å². The average Bonchev–Trinajstić information content (AvgIpc) is 2.64. The predicted octanol–water partition coefficient (Wildman–Crippen LogP) is 1.24. The van der Waals surface area contributed by atoms with Gasteiger partial charge in [0, 0.05) is 12.5 Å². The lowest BCUT2D eigenvalue weighted by molar-refractivity contribution is 0.376. The standard InChI is InChI=1S/C10H19N5O.HI/c1-4-7(2)13-10(11)12-6-5-9-14-8(3)15-16-9;/h7H,4-6H2,1-3H3,(H3,11,12,13);1H. The molecule has 0 saturated carbocycles. The van der Waals surface area contributed by atoms with Crippen LogP contribution in [0.5, 0.6) is 0 Å². The zero-order chi connectivity index (χ0) is 12.0. The number of hydrogen-bond donors (Lipinski definition) is 2. The molecular formula is C10H20IN5O. The number of aliphatic imine (C=N–C) groups is 1. The number of rotatable bonds is 5. The second-order valence-electron chi connectivity index (χ2n) is 3.71. The van der Waals surface area contributed by atoms with Crippen LogP contribution < -0.4 is 11.1 Å². The van der Waals surface area contributed by atoms with Gasteiger partial charge in [0.2, 0.25) is 5.89 Å². The van der Waals surface area contributed by atoms with Crippen molar-refractivity contribution < 1.29 is 4.52 Å². The summed E-state index contributed by atoms with van der Waals surface area (Å²) < 4.78 is 4.96. The molecule has 0 saturated heterocycles. The first-order valence-corrected chi connectivity index (χ1v) is 5.47. The Kier molecular flexibility index (Phi) is 7.85. The van der Waals surface area contributed by atoms with E-state index in [-0.39, 0.29) is 24.0 Å². The van der Waals surface area contributed by atoms with Crippen LogP contribution in [0.1, 0.15) is 32.0 Å². The smallest absolute Gasteiger partial charge is 0.228 e. The third kappa shape index (κ3) is 6.44. The van der Waals surface area contributed by atoms with Crippen LogP contribution in [0.4, 0.5) is 0 Å². The molecule has 0 aliphatic heterocycles. The first-order chi connectivity index (χ1) is 7.61. The molecule has 1 heterocycles. The van der Waals surface area contributed by atoms with Crippen molar-refractivity contribution in [2.45, 2.75) is 39.7 Å². The number of nitrogens with one attached hydrogen (secondary N) is 1. The van der Waals surface area contributed by atoms with Gasteiger partial charge in [-0.15, -0.1) is 24.0 Å². The van der Waals surface area contributed by atoms with Crippen LogP contribution in [0, 0.1) is 6.92 Å². The van der Waals surface area contributed by atoms with E-state index in [1.807, 2.05) is 0 Å². The van der Waals surface area contributed by atoms with Crippen molar-refractivity contribution in [3.63, 3.8) is 0 Å². The minimum atomic E-state index is 0. The highest BCUT2D eigenvalue weighted by atomic mass is 127. The van der Waals surface area contributed by atoms with Gasteiger partial charge in [0.15, 0.2) is 11.8 Å². The summed E-state index contributed by atoms with van der Waals surface area (Å²) in [5.41, 5.74) is 5.69. The molecule has 3 N–H and O–H groups in total. The van der Waals surface area contributed by atoms with Crippen LogP contribution in [0.25, 0.3) is 0 Å². The minimum Gasteiger partial charge on any atom is -0.370 e. The highest BCUT2D eigenvalue weighted by Crippen LogP contribution is 1.96. The zero-order valence-corrected chi connectivity index (χ0v) is 12.8. The van der Waals surface area contributed by atoms with E-state index in [9.17, 15) is 0 Å². The summed E-state index contributed by atoms with van der Waals surface area (Å²) in [7, 11) is 0. The molecule has 17 heavy (non-hydrogen) atoms. The van der Waals surface area contributed by atoms with Gasteiger partial charge in [-0.25, -0.2) is 0 Å². The monoisotopic (exact) mass is 353 g/mol. The van der Waals surface area contributed by atoms with Crippen LogP contribution in [0.2, 0.25) is 0 Å². The number of aryl methyl sites for hydroxylation is 1. The highest BCUT2D eigenvalue weighted by molar-refractivity contribution is 14.0. The Balaban J connectivity index is 0.00000256. The van der Waals surface area contributed by atoms with Gasteiger partial charge < -0.3 is 15.6 Å². The summed E-state index contributed by atoms with van der Waals surface area (Å²) >= 11 is 0. The second-order valence-corrected chi connectivity index (χ2v) is 3.71. The topological polar surface area (TPSA) is 89.3 Å². The molecule has 1 unspecified atom stereocenters. The molecular weight excluding hydrogens is 333 g/mol. The number of nitrogens with two attached hydrogens (primary N) is 1. The molecule has 0 aliphatic carbocycles. The fourth-order valence-electron chi connectivity index (χ4n) is 1.11. The first kappa shape index (κ1) is 16.1. The molecule has 1 aromatic rings. The van der Waals surface area contributed by atoms with Crippen molar-refractivity contribution in [1.82, 2.24) is 15.5 Å². The van der Waals surface area contributed by atoms with E-state index >= 15 is 0 Å². The van der Waals surface area contributed by atoms with Gasteiger partial charge in [0.1, 0.15) is 0 Å². The predicted molar refractivity (Wildman–Crippen MR) is 77.5 cm³/mol. The van der Waals surface area contributed by atoms with E-state index in [4.69, 9.17) is 10.3 Å². The molecule has 0 radical (unpaired) electrons. The van der Waals surface area contributed by atoms with Gasteiger partial charge in [-0.05, 0) is 20.3 Å². The summed E-state index contributed by atoms with van der Waals surface area (Å²) in [4.78, 5) is 8.25. The lowest BCUT2D eigenvalue weighted by Crippen LogP contribution is -2.38. The van der Waals surface area contributed by atoms with E-state index < -0.39 is 0 Å². The lowest BCUT2D eigenvalue weighted by atomic mass is 10.3. The van der Waals surface area contributed by atoms with Crippen molar-refractivity contribution in [3.8, 4) is 0 Å². The maximum absolute atomic E-state index is 5.69. The highest BCUT2D eigenvalue weighted by Gasteiger charge is 2.02. The van der Waals surface area contributed by atoms with Crippen LogP contribution >= 0.6 is 24.0 Å². The molecule has 0 amide bonds. The van der Waals surface area contributed by atoms with Crippen molar-refractivity contribution in [3.05, 3.63) is 11.7 Å². The lowest BCUT2D eigenvalue weighted by Gasteiger charge is -2.11. The van der Waals surface area contributed by atoms with E-state index in [1.165, 1.54) is 0 Å². The molecule has 98 valence electrons. The number of aromatic nitrogens is 2. The van der Waals surface area contributed by atoms with Gasteiger partial charge in [0.25, 0.3) is 0 Å². The number of halogens is 1. The van der Waals surface area contributed by atoms with Crippen molar-refractivity contribution in [2.24, 2.45) is 10.7 Å². The Morgan fingerprint density at radius 2 is 2.29 bits per heavy atom. The van der Waals surface area contributed by atoms with E-state index in [2.05, 4.69) is 34.3 Å². The SMILES string of the molecule is CCC(C)NC(N)=NCCc1nc(C)no1.I. The maximum atomic E-state index is 5.69. The molecule has 1 atom stereocenters. The van der Waals surface area contributed by atoms with Crippen LogP contribution in [0.15, 0.2) is 9.52 Å². The molecule has 1 aromatic heterocycles. The normalized spacial score (nSPS) is 13.0. The average molecular weight is 353 g/mol. The summed E-state index contributed by atoms with van der Waals surface area (Å²) in [5.74, 6) is 1.70. The van der Waals surface area contributed by atoms with Crippen molar-refractivity contribution in [2.75, 3.05) is 6.54 Å². The second kappa shape index (κ2) is 8.26. The van der Waals surface area contributed by atoms with Gasteiger partial charge >= 0.3 is 0 Å². The number of nitrogens with zero attached hydrogens (tertiary/aromatic N) is 3. The Bertz CT molecular complexity index is 352. The third-order valence-electron chi connectivity index (χ3n) is 2.18. The zero-order valence-electron chi connectivity index (χ0n) is 10.4. The summed E-state index contributed by atoms with van der Waals surface area (Å²) in [5, 5.41) is 6.78. The summed E-state index contributed by atoms with van der Waals surface area (Å²) in [6.45, 7) is 6.49. The molecule has 0 fully saturated rings. The fourth-order valence-corrected chi connectivity index (χ4v) is 1.11. The van der Waals surface area contributed by atoms with Crippen LogP contribution in [-0.4, -0.2) is 28.7 Å². The molecule has 0 aliphatic rings. The van der Waals surface area contributed by atoms with E-state index in [0.29, 0.717) is 36.7 Å². The summed E-state index contributed by atoms with van der Waals surface area (Å²) in [6, 6.07) is 0.342. The quantitative estimate of drug-likeness (QED) is 0.472.